The average Bonchev–Trinajstić information content (AvgIpc) is 3.21. The Kier molecular flexibility index (Phi) is 4.79. The number of rotatable bonds is 6. The van der Waals surface area contributed by atoms with Crippen LogP contribution in [0.25, 0.3) is 10.9 Å². The molecule has 0 amide bonds. The largest absolute Gasteiger partial charge is 0.478 e. The minimum Gasteiger partial charge on any atom is -0.478 e. The molecule has 1 aromatic carbocycles. The summed E-state index contributed by atoms with van der Waals surface area (Å²) in [6.45, 7) is 6.14. The number of carboxylic acid groups (broad SMARTS) is 1. The molecule has 7 nitrogen and oxygen atoms in total. The Labute approximate surface area is 150 Å². The van der Waals surface area contributed by atoms with Gasteiger partial charge in [0.2, 0.25) is 5.89 Å². The minimum absolute atomic E-state index is 0.0468. The molecule has 0 aliphatic heterocycles. The van der Waals surface area contributed by atoms with Crippen molar-refractivity contribution in [3.8, 4) is 0 Å². The van der Waals surface area contributed by atoms with E-state index in [1.165, 1.54) is 12.5 Å². The zero-order valence-corrected chi connectivity index (χ0v) is 14.9. The van der Waals surface area contributed by atoms with E-state index in [1.807, 2.05) is 18.4 Å². The van der Waals surface area contributed by atoms with Gasteiger partial charge >= 0.3 is 11.9 Å². The number of aromatic nitrogens is 2. The number of carboxylic acids is 1. The number of aromatic carboxylic acids is 1. The second kappa shape index (κ2) is 7.03. The van der Waals surface area contributed by atoms with Crippen LogP contribution >= 0.6 is 0 Å². The van der Waals surface area contributed by atoms with Crippen molar-refractivity contribution in [3.63, 3.8) is 0 Å². The Bertz CT molecular complexity index is 954. The molecule has 0 saturated carbocycles. The van der Waals surface area contributed by atoms with Crippen molar-refractivity contribution in [3.05, 3.63) is 53.4 Å². The molecule has 136 valence electrons. The Morgan fingerprint density at radius 2 is 2.12 bits per heavy atom. The minimum atomic E-state index is -1.01. The van der Waals surface area contributed by atoms with Gasteiger partial charge in [-0.05, 0) is 25.0 Å². The van der Waals surface area contributed by atoms with Gasteiger partial charge in [0.1, 0.15) is 6.26 Å². The van der Waals surface area contributed by atoms with Crippen molar-refractivity contribution < 1.29 is 23.8 Å². The first-order chi connectivity index (χ1) is 12.4. The van der Waals surface area contributed by atoms with Crippen LogP contribution in [-0.4, -0.2) is 33.2 Å². The van der Waals surface area contributed by atoms with Gasteiger partial charge in [-0.25, -0.2) is 14.6 Å². The topological polar surface area (TPSA) is 94.6 Å². The molecule has 1 N–H and O–H groups in total. The van der Waals surface area contributed by atoms with Crippen LogP contribution in [0.1, 0.15) is 59.0 Å². The Morgan fingerprint density at radius 1 is 1.35 bits per heavy atom. The maximum Gasteiger partial charge on any atom is 0.338 e. The molecule has 0 spiro atoms. The number of hydrogen-bond acceptors (Lipinski definition) is 5. The fraction of sp³-hybridized carbons (Fsp3) is 0.316. The van der Waals surface area contributed by atoms with E-state index in [9.17, 15) is 14.7 Å². The van der Waals surface area contributed by atoms with Gasteiger partial charge in [0.05, 0.1) is 36.0 Å². The third kappa shape index (κ3) is 3.08. The van der Waals surface area contributed by atoms with Crippen LogP contribution in [0.15, 0.2) is 35.1 Å². The number of fused-ring (bicyclic) bond motifs is 1. The van der Waals surface area contributed by atoms with Gasteiger partial charge in [0, 0.05) is 11.1 Å². The van der Waals surface area contributed by atoms with Gasteiger partial charge in [0.15, 0.2) is 0 Å². The van der Waals surface area contributed by atoms with Gasteiger partial charge in [-0.2, -0.15) is 0 Å². The zero-order valence-electron chi connectivity index (χ0n) is 14.9. The molecule has 7 heteroatoms. The first-order valence-corrected chi connectivity index (χ1v) is 8.39. The fourth-order valence-corrected chi connectivity index (χ4v) is 3.17. The maximum atomic E-state index is 12.1. The predicted octanol–water partition coefficient (Wildman–Crippen LogP) is 3.68. The summed E-state index contributed by atoms with van der Waals surface area (Å²) in [6, 6.07) is 4.91. The standard InChI is InChI=1S/C19H20N2O5/c1-4-25-19(24)12-5-6-13-14(9-12)21(10-15-20-7-8-26-15)17(11(2)3)16(13)18(22)23/h5-9,11H,4,10H2,1-3H3,(H,22,23). The maximum absolute atomic E-state index is 12.1. The molecular weight excluding hydrogens is 336 g/mol. The zero-order chi connectivity index (χ0) is 18.8. The van der Waals surface area contributed by atoms with Crippen molar-refractivity contribution in [1.29, 1.82) is 0 Å². The van der Waals surface area contributed by atoms with E-state index in [1.54, 1.807) is 25.1 Å². The first kappa shape index (κ1) is 17.7. The van der Waals surface area contributed by atoms with Gasteiger partial charge in [-0.1, -0.05) is 19.9 Å². The quantitative estimate of drug-likeness (QED) is 0.677. The number of ether oxygens (including phenoxy) is 1. The van der Waals surface area contributed by atoms with Crippen LogP contribution in [0.2, 0.25) is 0 Å². The van der Waals surface area contributed by atoms with E-state index in [2.05, 4.69) is 4.98 Å². The molecular formula is C19H20N2O5. The lowest BCUT2D eigenvalue weighted by atomic mass is 10.0. The highest BCUT2D eigenvalue weighted by Gasteiger charge is 2.25. The first-order valence-electron chi connectivity index (χ1n) is 8.39. The molecule has 0 unspecified atom stereocenters. The average molecular weight is 356 g/mol. The summed E-state index contributed by atoms with van der Waals surface area (Å²) >= 11 is 0. The van der Waals surface area contributed by atoms with Crippen molar-refractivity contribution in [2.45, 2.75) is 33.2 Å². The van der Waals surface area contributed by atoms with Crippen molar-refractivity contribution in [2.24, 2.45) is 0 Å². The monoisotopic (exact) mass is 356 g/mol. The lowest BCUT2D eigenvalue weighted by molar-refractivity contribution is 0.0526. The SMILES string of the molecule is CCOC(=O)c1ccc2c(C(=O)O)c(C(C)C)n(Cc3ncco3)c2c1. The van der Waals surface area contributed by atoms with Gasteiger partial charge in [-0.15, -0.1) is 0 Å². The van der Waals surface area contributed by atoms with Crippen LogP contribution in [0, 0.1) is 0 Å². The molecule has 2 aromatic heterocycles. The molecule has 3 rings (SSSR count). The summed E-state index contributed by atoms with van der Waals surface area (Å²) in [4.78, 5) is 28.2. The van der Waals surface area contributed by atoms with E-state index in [0.717, 1.165) is 0 Å². The molecule has 3 aromatic rings. The molecule has 0 aliphatic rings. The molecule has 26 heavy (non-hydrogen) atoms. The van der Waals surface area contributed by atoms with Gasteiger partial charge in [-0.3, -0.25) is 0 Å². The summed E-state index contributed by atoms with van der Waals surface area (Å²) in [5.41, 5.74) is 1.90. The lowest BCUT2D eigenvalue weighted by Gasteiger charge is -2.13. The molecule has 0 aliphatic carbocycles. The molecule has 0 radical (unpaired) electrons. The summed E-state index contributed by atoms with van der Waals surface area (Å²) in [7, 11) is 0. The van der Waals surface area contributed by atoms with E-state index in [-0.39, 0.29) is 24.6 Å². The van der Waals surface area contributed by atoms with Crippen LogP contribution in [0.5, 0.6) is 0 Å². The molecule has 0 saturated heterocycles. The second-order valence-electron chi connectivity index (χ2n) is 6.18. The number of carbonyl (C=O) groups is 2. The third-order valence-corrected chi connectivity index (χ3v) is 4.15. The van der Waals surface area contributed by atoms with Crippen molar-refractivity contribution in [2.75, 3.05) is 6.61 Å². The number of carbonyl (C=O) groups excluding carboxylic acids is 1. The van der Waals surface area contributed by atoms with Crippen molar-refractivity contribution in [1.82, 2.24) is 9.55 Å². The van der Waals surface area contributed by atoms with Gasteiger partial charge < -0.3 is 18.8 Å². The van der Waals surface area contributed by atoms with Crippen LogP contribution in [0.3, 0.4) is 0 Å². The Balaban J connectivity index is 2.27. The molecule has 0 bridgehead atoms. The van der Waals surface area contributed by atoms with E-state index in [4.69, 9.17) is 9.15 Å². The predicted molar refractivity (Wildman–Crippen MR) is 94.5 cm³/mol. The van der Waals surface area contributed by atoms with Crippen LogP contribution < -0.4 is 0 Å². The highest BCUT2D eigenvalue weighted by Crippen LogP contribution is 2.33. The fourth-order valence-electron chi connectivity index (χ4n) is 3.17. The summed E-state index contributed by atoms with van der Waals surface area (Å²) in [5, 5.41) is 10.3. The molecule has 0 atom stereocenters. The highest BCUT2D eigenvalue weighted by molar-refractivity contribution is 6.07. The number of hydrogen-bond donors (Lipinski definition) is 1. The van der Waals surface area contributed by atoms with Gasteiger partial charge in [0.25, 0.3) is 0 Å². The summed E-state index contributed by atoms with van der Waals surface area (Å²) in [6.07, 6.45) is 3.01. The van der Waals surface area contributed by atoms with Crippen molar-refractivity contribution >= 4 is 22.8 Å². The molecule has 0 fully saturated rings. The van der Waals surface area contributed by atoms with Crippen LogP contribution in [0.4, 0.5) is 0 Å². The van der Waals surface area contributed by atoms with Crippen LogP contribution in [-0.2, 0) is 11.3 Å². The second-order valence-corrected chi connectivity index (χ2v) is 6.18. The smallest absolute Gasteiger partial charge is 0.338 e. The number of oxazole rings is 1. The number of esters is 1. The highest BCUT2D eigenvalue weighted by atomic mass is 16.5. The third-order valence-electron chi connectivity index (χ3n) is 4.15. The normalized spacial score (nSPS) is 11.2. The summed E-state index contributed by atoms with van der Waals surface area (Å²) in [5.74, 6) is -1.04. The summed E-state index contributed by atoms with van der Waals surface area (Å²) < 4.78 is 12.2. The van der Waals surface area contributed by atoms with E-state index < -0.39 is 11.9 Å². The Hall–Kier alpha value is -3.09. The molecule has 2 heterocycles. The van der Waals surface area contributed by atoms with E-state index in [0.29, 0.717) is 28.1 Å². The number of nitrogens with zero attached hydrogens (tertiary/aromatic N) is 2. The Morgan fingerprint density at radius 3 is 2.69 bits per heavy atom. The number of benzene rings is 1. The van der Waals surface area contributed by atoms with E-state index >= 15 is 0 Å². The lowest BCUT2D eigenvalue weighted by Crippen LogP contribution is -2.10.